The van der Waals surface area contributed by atoms with Crippen LogP contribution in [0.2, 0.25) is 0 Å². The zero-order valence-corrected chi connectivity index (χ0v) is 12.3. The minimum Gasteiger partial charge on any atom is -0.490 e. The number of hydrogen-bond donors (Lipinski definition) is 2. The summed E-state index contributed by atoms with van der Waals surface area (Å²) in [5, 5.41) is 12.3. The van der Waals surface area contributed by atoms with Crippen LogP contribution in [0, 0.1) is 0 Å². The van der Waals surface area contributed by atoms with E-state index in [4.69, 9.17) is 4.74 Å². The molecule has 1 saturated carbocycles. The predicted octanol–water partition coefficient (Wildman–Crippen LogP) is 2.78. The van der Waals surface area contributed by atoms with Crippen LogP contribution in [0.25, 0.3) is 0 Å². The number of nitrogens with one attached hydrogen (secondary N) is 1. The van der Waals surface area contributed by atoms with E-state index in [1.54, 1.807) is 7.05 Å². The Hall–Kier alpha value is -1.55. The van der Waals surface area contributed by atoms with Crippen molar-refractivity contribution >= 4 is 5.97 Å². The molecule has 2 rings (SSSR count). The molecule has 0 spiro atoms. The van der Waals surface area contributed by atoms with E-state index in [1.807, 2.05) is 18.2 Å². The Morgan fingerprint density at radius 2 is 2.25 bits per heavy atom. The lowest BCUT2D eigenvalue weighted by atomic mass is 9.98. The normalized spacial score (nSPS) is 25.9. The molecule has 1 aliphatic carbocycles. The molecule has 1 aliphatic rings. The molecule has 1 aromatic carbocycles. The van der Waals surface area contributed by atoms with Crippen molar-refractivity contribution in [3.63, 3.8) is 0 Å². The van der Waals surface area contributed by atoms with Gasteiger partial charge in [-0.25, -0.2) is 0 Å². The molecule has 2 unspecified atom stereocenters. The zero-order valence-electron chi connectivity index (χ0n) is 12.3. The number of aliphatic carboxylic acids is 1. The Bertz CT molecular complexity index is 486. The van der Waals surface area contributed by atoms with E-state index in [2.05, 4.69) is 25.2 Å². The number of rotatable bonds is 5. The fourth-order valence-electron chi connectivity index (χ4n) is 2.77. The van der Waals surface area contributed by atoms with E-state index in [1.165, 1.54) is 5.56 Å². The number of carboxylic acid groups (broad SMARTS) is 1. The third-order valence-corrected chi connectivity index (χ3v) is 4.18. The highest BCUT2D eigenvalue weighted by molar-refractivity contribution is 5.79. The lowest BCUT2D eigenvalue weighted by Gasteiger charge is -2.23. The quantitative estimate of drug-likeness (QED) is 0.869. The van der Waals surface area contributed by atoms with Crippen molar-refractivity contribution < 1.29 is 14.6 Å². The first kappa shape index (κ1) is 14.9. The number of likely N-dealkylation sites (N-methyl/N-ethyl adjacent to an activating group) is 1. The van der Waals surface area contributed by atoms with E-state index in [9.17, 15) is 9.90 Å². The SMILES string of the molecule is CNC1(C(=O)O)CCC(Oc2cccc(C(C)C)c2)C1. The summed E-state index contributed by atoms with van der Waals surface area (Å²) in [7, 11) is 1.70. The van der Waals surface area contributed by atoms with Gasteiger partial charge in [0.2, 0.25) is 0 Å². The molecule has 2 atom stereocenters. The maximum absolute atomic E-state index is 11.4. The van der Waals surface area contributed by atoms with Gasteiger partial charge >= 0.3 is 5.97 Å². The van der Waals surface area contributed by atoms with Crippen LogP contribution in [0.1, 0.15) is 44.6 Å². The molecule has 0 aliphatic heterocycles. The first-order valence-electron chi connectivity index (χ1n) is 7.16. The molecular weight excluding hydrogens is 254 g/mol. The molecule has 0 bridgehead atoms. The highest BCUT2D eigenvalue weighted by Crippen LogP contribution is 2.33. The summed E-state index contributed by atoms with van der Waals surface area (Å²) < 4.78 is 5.97. The molecule has 110 valence electrons. The first-order chi connectivity index (χ1) is 9.47. The van der Waals surface area contributed by atoms with Crippen LogP contribution in [0.4, 0.5) is 0 Å². The summed E-state index contributed by atoms with van der Waals surface area (Å²) in [5.41, 5.74) is 0.402. The minimum atomic E-state index is -0.833. The third kappa shape index (κ3) is 2.96. The second-order valence-corrected chi connectivity index (χ2v) is 5.85. The highest BCUT2D eigenvalue weighted by Gasteiger charge is 2.45. The van der Waals surface area contributed by atoms with Gasteiger partial charge in [0.05, 0.1) is 0 Å². The van der Waals surface area contributed by atoms with Crippen molar-refractivity contribution in [1.29, 1.82) is 0 Å². The van der Waals surface area contributed by atoms with Crippen LogP contribution < -0.4 is 10.1 Å². The summed E-state index contributed by atoms with van der Waals surface area (Å²) in [4.78, 5) is 11.4. The summed E-state index contributed by atoms with van der Waals surface area (Å²) >= 11 is 0. The minimum absolute atomic E-state index is 0.0408. The lowest BCUT2D eigenvalue weighted by Crippen LogP contribution is -2.48. The smallest absolute Gasteiger partial charge is 0.324 e. The van der Waals surface area contributed by atoms with E-state index in [0.717, 1.165) is 12.2 Å². The van der Waals surface area contributed by atoms with Gasteiger partial charge in [0.25, 0.3) is 0 Å². The molecule has 0 saturated heterocycles. The Balaban J connectivity index is 2.05. The summed E-state index contributed by atoms with van der Waals surface area (Å²) in [6.07, 6.45) is 1.83. The lowest BCUT2D eigenvalue weighted by molar-refractivity contribution is -0.144. The molecule has 1 aromatic rings. The van der Waals surface area contributed by atoms with Crippen molar-refractivity contribution in [2.75, 3.05) is 7.05 Å². The molecular formula is C16H23NO3. The van der Waals surface area contributed by atoms with Gasteiger partial charge < -0.3 is 15.2 Å². The molecule has 1 fully saturated rings. The van der Waals surface area contributed by atoms with E-state index in [0.29, 0.717) is 18.8 Å². The molecule has 0 radical (unpaired) electrons. The molecule has 4 heteroatoms. The van der Waals surface area contributed by atoms with Gasteiger partial charge in [-0.3, -0.25) is 4.79 Å². The van der Waals surface area contributed by atoms with E-state index in [-0.39, 0.29) is 6.10 Å². The molecule has 2 N–H and O–H groups in total. The number of carbonyl (C=O) groups is 1. The summed E-state index contributed by atoms with van der Waals surface area (Å²) in [6, 6.07) is 8.06. The summed E-state index contributed by atoms with van der Waals surface area (Å²) in [5.74, 6) is 0.498. The van der Waals surface area contributed by atoms with Gasteiger partial charge in [0, 0.05) is 6.42 Å². The monoisotopic (exact) mass is 277 g/mol. The molecule has 0 heterocycles. The van der Waals surface area contributed by atoms with Gasteiger partial charge in [-0.2, -0.15) is 0 Å². The van der Waals surface area contributed by atoms with Crippen LogP contribution >= 0.6 is 0 Å². The Kier molecular flexibility index (Phi) is 4.33. The molecule has 0 amide bonds. The molecule has 0 aromatic heterocycles. The Labute approximate surface area is 120 Å². The molecule has 4 nitrogen and oxygen atoms in total. The average Bonchev–Trinajstić information content (AvgIpc) is 2.83. The van der Waals surface area contributed by atoms with Crippen molar-refractivity contribution in [2.24, 2.45) is 0 Å². The van der Waals surface area contributed by atoms with Gasteiger partial charge in [0.1, 0.15) is 17.4 Å². The Morgan fingerprint density at radius 3 is 2.80 bits per heavy atom. The van der Waals surface area contributed by atoms with Gasteiger partial charge in [-0.1, -0.05) is 26.0 Å². The molecule has 20 heavy (non-hydrogen) atoms. The largest absolute Gasteiger partial charge is 0.490 e. The van der Waals surface area contributed by atoms with Crippen molar-refractivity contribution in [2.45, 2.75) is 50.7 Å². The van der Waals surface area contributed by atoms with Crippen molar-refractivity contribution in [3.05, 3.63) is 29.8 Å². The topological polar surface area (TPSA) is 58.6 Å². The zero-order chi connectivity index (χ0) is 14.8. The van der Waals surface area contributed by atoms with Crippen LogP contribution in [-0.4, -0.2) is 29.8 Å². The number of carboxylic acids is 1. The number of ether oxygens (including phenoxy) is 1. The van der Waals surface area contributed by atoms with Crippen LogP contribution in [0.3, 0.4) is 0 Å². The second-order valence-electron chi connectivity index (χ2n) is 5.85. The van der Waals surface area contributed by atoms with Crippen molar-refractivity contribution in [3.8, 4) is 5.75 Å². The fourth-order valence-corrected chi connectivity index (χ4v) is 2.77. The predicted molar refractivity (Wildman–Crippen MR) is 78.2 cm³/mol. The van der Waals surface area contributed by atoms with Gasteiger partial charge in [-0.05, 0) is 43.5 Å². The summed E-state index contributed by atoms with van der Waals surface area (Å²) in [6.45, 7) is 4.29. The van der Waals surface area contributed by atoms with Gasteiger partial charge in [-0.15, -0.1) is 0 Å². The van der Waals surface area contributed by atoms with Crippen molar-refractivity contribution in [1.82, 2.24) is 5.32 Å². The average molecular weight is 277 g/mol. The van der Waals surface area contributed by atoms with E-state index < -0.39 is 11.5 Å². The second kappa shape index (κ2) is 5.83. The first-order valence-corrected chi connectivity index (χ1v) is 7.16. The third-order valence-electron chi connectivity index (χ3n) is 4.18. The number of benzene rings is 1. The van der Waals surface area contributed by atoms with Crippen LogP contribution in [0.15, 0.2) is 24.3 Å². The van der Waals surface area contributed by atoms with Crippen LogP contribution in [-0.2, 0) is 4.79 Å². The van der Waals surface area contributed by atoms with E-state index >= 15 is 0 Å². The fraction of sp³-hybridized carbons (Fsp3) is 0.562. The highest BCUT2D eigenvalue weighted by atomic mass is 16.5. The number of hydrogen-bond acceptors (Lipinski definition) is 3. The maximum atomic E-state index is 11.4. The Morgan fingerprint density at radius 1 is 1.50 bits per heavy atom. The van der Waals surface area contributed by atoms with Gasteiger partial charge in [0.15, 0.2) is 0 Å². The maximum Gasteiger partial charge on any atom is 0.324 e. The standard InChI is InChI=1S/C16H23NO3/c1-11(2)12-5-4-6-13(9-12)20-14-7-8-16(10-14,17-3)15(18)19/h4-6,9,11,14,17H,7-8,10H2,1-3H3,(H,18,19). The van der Waals surface area contributed by atoms with Crippen LogP contribution in [0.5, 0.6) is 5.75 Å².